The van der Waals surface area contributed by atoms with Crippen LogP contribution >= 0.6 is 0 Å². The second-order valence-corrected chi connectivity index (χ2v) is 17.2. The van der Waals surface area contributed by atoms with Crippen LogP contribution in [0.5, 0.6) is 0 Å². The van der Waals surface area contributed by atoms with Gasteiger partial charge in [-0.3, -0.25) is 9.59 Å². The van der Waals surface area contributed by atoms with Gasteiger partial charge >= 0.3 is 11.9 Å². The van der Waals surface area contributed by atoms with E-state index in [1.165, 1.54) is 244 Å². The zero-order chi connectivity index (χ0) is 41.7. The maximum atomic E-state index is 10.3. The second-order valence-electron chi connectivity index (χ2n) is 17.2. The Labute approximate surface area is 352 Å². The Morgan fingerprint density at radius 1 is 0.250 bits per heavy atom. The molecule has 0 aromatic carbocycles. The minimum absolute atomic E-state index is 0.344. The van der Waals surface area contributed by atoms with Gasteiger partial charge in [-0.15, -0.1) is 0 Å². The summed E-state index contributed by atoms with van der Waals surface area (Å²) in [7, 11) is 0. The lowest BCUT2D eigenvalue weighted by Crippen LogP contribution is -1.93. The third-order valence-corrected chi connectivity index (χ3v) is 11.3. The molecular weight excluding hydrogens is 693 g/mol. The number of carboxylic acid groups (broad SMARTS) is 2. The van der Waals surface area contributed by atoms with Gasteiger partial charge in [0.15, 0.2) is 0 Å². The Bertz CT molecular complexity index is 638. The average Bonchev–Trinajstić information content (AvgIpc) is 3.18. The summed E-state index contributed by atoms with van der Waals surface area (Å²) in [6.07, 6.45) is 58.3. The number of unbranched alkanes of at least 4 members (excludes halogenated alkanes) is 40. The molecule has 338 valence electrons. The number of hydrogen-bond donors (Lipinski definition) is 3. The average molecular weight is 797 g/mol. The van der Waals surface area contributed by atoms with Crippen LogP contribution in [0.2, 0.25) is 0 Å². The topological polar surface area (TPSA) is 94.8 Å². The fraction of sp³-hybridized carbons (Fsp3) is 0.961. The molecule has 0 aromatic heterocycles. The zero-order valence-corrected chi connectivity index (χ0v) is 38.7. The van der Waals surface area contributed by atoms with Crippen LogP contribution < -0.4 is 0 Å². The van der Waals surface area contributed by atoms with Gasteiger partial charge < -0.3 is 15.3 Å². The first kappa shape index (κ1) is 59.2. The maximum absolute atomic E-state index is 10.3. The number of rotatable bonds is 45. The SMILES string of the molecule is CCCCCCCCCCCCCC(=O)O.CCCCCCCCCCCCCC(=O)O.CCCCCCCCCCCCCCCCCCCCCCCO. The van der Waals surface area contributed by atoms with E-state index in [0.717, 1.165) is 32.1 Å². The van der Waals surface area contributed by atoms with E-state index in [1.54, 1.807) is 0 Å². The van der Waals surface area contributed by atoms with Gasteiger partial charge in [-0.25, -0.2) is 0 Å². The lowest BCUT2D eigenvalue weighted by Gasteiger charge is -2.04. The smallest absolute Gasteiger partial charge is 0.303 e. The molecule has 0 aliphatic carbocycles. The van der Waals surface area contributed by atoms with Crippen molar-refractivity contribution in [1.29, 1.82) is 0 Å². The number of aliphatic carboxylic acids is 2. The molecule has 0 radical (unpaired) electrons. The number of carbonyl (C=O) groups is 2. The molecule has 5 nitrogen and oxygen atoms in total. The number of aliphatic hydroxyl groups excluding tert-OH is 1. The minimum atomic E-state index is -0.657. The Hall–Kier alpha value is -1.10. The van der Waals surface area contributed by atoms with Crippen LogP contribution in [0.25, 0.3) is 0 Å². The predicted molar refractivity (Wildman–Crippen MR) is 247 cm³/mol. The molecule has 0 aliphatic heterocycles. The van der Waals surface area contributed by atoms with Gasteiger partial charge in [0.2, 0.25) is 0 Å². The summed E-state index contributed by atoms with van der Waals surface area (Å²) in [5, 5.41) is 25.6. The van der Waals surface area contributed by atoms with Gasteiger partial charge in [-0.1, -0.05) is 278 Å². The van der Waals surface area contributed by atoms with Gasteiger partial charge in [0.1, 0.15) is 0 Å². The molecule has 0 atom stereocenters. The zero-order valence-electron chi connectivity index (χ0n) is 38.7. The van der Waals surface area contributed by atoms with Crippen molar-refractivity contribution in [2.45, 2.75) is 310 Å². The Kier molecular flexibility index (Phi) is 61.6. The molecule has 0 aliphatic rings. The highest BCUT2D eigenvalue weighted by Gasteiger charge is 1.99. The third-order valence-electron chi connectivity index (χ3n) is 11.3. The van der Waals surface area contributed by atoms with Crippen LogP contribution in [0.1, 0.15) is 310 Å². The lowest BCUT2D eigenvalue weighted by atomic mass is 10.0. The summed E-state index contributed by atoms with van der Waals surface area (Å²) in [4.78, 5) is 20.5. The van der Waals surface area contributed by atoms with Gasteiger partial charge in [-0.2, -0.15) is 0 Å². The van der Waals surface area contributed by atoms with Gasteiger partial charge in [0.05, 0.1) is 0 Å². The van der Waals surface area contributed by atoms with E-state index in [-0.39, 0.29) is 0 Å². The van der Waals surface area contributed by atoms with Crippen LogP contribution in [-0.4, -0.2) is 33.9 Å². The molecule has 0 rings (SSSR count). The highest BCUT2D eigenvalue weighted by molar-refractivity contribution is 5.66. The number of carboxylic acids is 2. The second kappa shape index (κ2) is 58.2. The van der Waals surface area contributed by atoms with Gasteiger partial charge in [0, 0.05) is 19.4 Å². The van der Waals surface area contributed by atoms with E-state index >= 15 is 0 Å². The van der Waals surface area contributed by atoms with E-state index in [4.69, 9.17) is 15.3 Å². The highest BCUT2D eigenvalue weighted by atomic mass is 16.4. The summed E-state index contributed by atoms with van der Waals surface area (Å²) in [5.41, 5.74) is 0. The molecule has 56 heavy (non-hydrogen) atoms. The normalized spacial score (nSPS) is 10.9. The first-order valence-corrected chi connectivity index (χ1v) is 25.5. The maximum Gasteiger partial charge on any atom is 0.303 e. The molecule has 0 unspecified atom stereocenters. The standard InChI is InChI=1S/C23H48O.2C14H28O2/c1-2-3-4-5-6-7-8-9-10-11-12-13-14-15-16-17-18-19-20-21-22-23-24;2*1-2-3-4-5-6-7-8-9-10-11-12-13-14(15)16/h24H,2-23H2,1H3;2*2-13H2,1H3,(H,15,16). The monoisotopic (exact) mass is 797 g/mol. The molecule has 0 amide bonds. The molecule has 0 saturated carbocycles. The molecule has 3 N–H and O–H groups in total. The molecule has 0 fully saturated rings. The molecular formula is C51H104O5. The fourth-order valence-electron chi connectivity index (χ4n) is 7.42. The molecule has 0 saturated heterocycles. The summed E-state index contributed by atoms with van der Waals surface area (Å²) in [6, 6.07) is 0. The van der Waals surface area contributed by atoms with Crippen molar-refractivity contribution in [2.24, 2.45) is 0 Å². The lowest BCUT2D eigenvalue weighted by molar-refractivity contribution is -0.138. The van der Waals surface area contributed by atoms with E-state index in [2.05, 4.69) is 20.8 Å². The predicted octanol–water partition coefficient (Wildman–Crippen LogP) is 17.7. The largest absolute Gasteiger partial charge is 0.481 e. The molecule has 0 spiro atoms. The number of aliphatic hydroxyl groups is 1. The van der Waals surface area contributed by atoms with Crippen molar-refractivity contribution in [3.05, 3.63) is 0 Å². The summed E-state index contributed by atoms with van der Waals surface area (Å²) < 4.78 is 0. The van der Waals surface area contributed by atoms with E-state index in [0.29, 0.717) is 19.4 Å². The summed E-state index contributed by atoms with van der Waals surface area (Å²) >= 11 is 0. The molecule has 0 aromatic rings. The Balaban J connectivity index is -0.000000778. The molecule has 0 bridgehead atoms. The Morgan fingerprint density at radius 3 is 0.536 bits per heavy atom. The van der Waals surface area contributed by atoms with Crippen molar-refractivity contribution in [3.8, 4) is 0 Å². The molecule has 5 heteroatoms. The fourth-order valence-corrected chi connectivity index (χ4v) is 7.42. The minimum Gasteiger partial charge on any atom is -0.481 e. The van der Waals surface area contributed by atoms with Gasteiger partial charge in [-0.05, 0) is 19.3 Å². The van der Waals surface area contributed by atoms with Crippen molar-refractivity contribution in [1.82, 2.24) is 0 Å². The molecule has 0 heterocycles. The third kappa shape index (κ3) is 67.6. The van der Waals surface area contributed by atoms with E-state index < -0.39 is 11.9 Å². The van der Waals surface area contributed by atoms with Crippen molar-refractivity contribution in [2.75, 3.05) is 6.61 Å². The van der Waals surface area contributed by atoms with Crippen LogP contribution in [-0.2, 0) is 9.59 Å². The summed E-state index contributed by atoms with van der Waals surface area (Å²) in [5.74, 6) is -1.31. The first-order chi connectivity index (χ1) is 27.5. The van der Waals surface area contributed by atoms with E-state index in [1.807, 2.05) is 0 Å². The van der Waals surface area contributed by atoms with Crippen LogP contribution in [0.3, 0.4) is 0 Å². The number of hydrogen-bond acceptors (Lipinski definition) is 3. The van der Waals surface area contributed by atoms with Crippen LogP contribution in [0, 0.1) is 0 Å². The van der Waals surface area contributed by atoms with Crippen LogP contribution in [0.15, 0.2) is 0 Å². The summed E-state index contributed by atoms with van der Waals surface area (Å²) in [6.45, 7) is 7.16. The Morgan fingerprint density at radius 2 is 0.393 bits per heavy atom. The van der Waals surface area contributed by atoms with Crippen LogP contribution in [0.4, 0.5) is 0 Å². The van der Waals surface area contributed by atoms with E-state index in [9.17, 15) is 9.59 Å². The van der Waals surface area contributed by atoms with Crippen molar-refractivity contribution >= 4 is 11.9 Å². The van der Waals surface area contributed by atoms with Crippen molar-refractivity contribution < 1.29 is 24.9 Å². The first-order valence-electron chi connectivity index (χ1n) is 25.5. The van der Waals surface area contributed by atoms with Gasteiger partial charge in [0.25, 0.3) is 0 Å². The highest BCUT2D eigenvalue weighted by Crippen LogP contribution is 2.16. The van der Waals surface area contributed by atoms with Crippen molar-refractivity contribution in [3.63, 3.8) is 0 Å². The quantitative estimate of drug-likeness (QED) is 0.0534.